The quantitative estimate of drug-likeness (QED) is 0.905. The number of anilines is 1. The number of pyridine rings is 1. The minimum absolute atomic E-state index is 0.0424. The maximum absolute atomic E-state index is 12.1. The monoisotopic (exact) mass is 298 g/mol. The van der Waals surface area contributed by atoms with Crippen LogP contribution < -0.4 is 4.72 Å². The van der Waals surface area contributed by atoms with Crippen LogP contribution in [0.15, 0.2) is 47.5 Å². The van der Waals surface area contributed by atoms with Crippen LogP contribution in [-0.4, -0.2) is 18.5 Å². The second-order valence-electron chi connectivity index (χ2n) is 3.74. The highest BCUT2D eigenvalue weighted by Gasteiger charge is 2.16. The van der Waals surface area contributed by atoms with Gasteiger partial charge in [-0.3, -0.25) is 4.72 Å². The smallest absolute Gasteiger partial charge is 0.263 e. The van der Waals surface area contributed by atoms with Gasteiger partial charge in [0.15, 0.2) is 5.82 Å². The van der Waals surface area contributed by atoms with Gasteiger partial charge in [0, 0.05) is 6.20 Å². The molecular formula is C12H11ClN2O3S. The zero-order valence-electron chi connectivity index (χ0n) is 9.75. The Morgan fingerprint density at radius 1 is 1.26 bits per heavy atom. The molecule has 2 N–H and O–H groups in total. The lowest BCUT2D eigenvalue weighted by Gasteiger charge is -2.09. The Balaban J connectivity index is 2.35. The first kappa shape index (κ1) is 13.8. The van der Waals surface area contributed by atoms with Gasteiger partial charge < -0.3 is 5.11 Å². The van der Waals surface area contributed by atoms with E-state index in [1.807, 2.05) is 0 Å². The van der Waals surface area contributed by atoms with Crippen LogP contribution in [0, 0.1) is 0 Å². The fourth-order valence-corrected chi connectivity index (χ4v) is 2.78. The number of hydrogen-bond acceptors (Lipinski definition) is 4. The summed E-state index contributed by atoms with van der Waals surface area (Å²) in [6.07, 6.45) is 1.44. The van der Waals surface area contributed by atoms with Crippen molar-refractivity contribution in [3.8, 4) is 0 Å². The van der Waals surface area contributed by atoms with Gasteiger partial charge in [-0.05, 0) is 29.8 Å². The van der Waals surface area contributed by atoms with Crippen molar-refractivity contribution in [2.45, 2.75) is 11.5 Å². The summed E-state index contributed by atoms with van der Waals surface area (Å²) in [5.74, 6) is 0.0681. The Hall–Kier alpha value is -1.63. The lowest BCUT2D eigenvalue weighted by molar-refractivity contribution is 0.281. The van der Waals surface area contributed by atoms with Crippen molar-refractivity contribution in [2.75, 3.05) is 4.72 Å². The molecule has 5 nitrogen and oxygen atoms in total. The summed E-state index contributed by atoms with van der Waals surface area (Å²) < 4.78 is 26.6. The first-order valence-electron chi connectivity index (χ1n) is 5.36. The summed E-state index contributed by atoms with van der Waals surface area (Å²) in [5.41, 5.74) is 0.509. The van der Waals surface area contributed by atoms with Crippen molar-refractivity contribution in [2.24, 2.45) is 0 Å². The molecule has 0 saturated carbocycles. The van der Waals surface area contributed by atoms with E-state index in [-0.39, 0.29) is 22.3 Å². The Morgan fingerprint density at radius 3 is 2.74 bits per heavy atom. The van der Waals surface area contributed by atoms with E-state index >= 15 is 0 Å². The van der Waals surface area contributed by atoms with E-state index in [2.05, 4.69) is 9.71 Å². The summed E-state index contributed by atoms with van der Waals surface area (Å²) in [5, 5.41) is 9.23. The molecule has 2 rings (SSSR count). The van der Waals surface area contributed by atoms with E-state index in [4.69, 9.17) is 16.7 Å². The third kappa shape index (κ3) is 3.23. The van der Waals surface area contributed by atoms with E-state index in [0.717, 1.165) is 0 Å². The lowest BCUT2D eigenvalue weighted by atomic mass is 10.2. The molecule has 1 heterocycles. The number of nitrogens with zero attached hydrogens (tertiary/aromatic N) is 1. The highest BCUT2D eigenvalue weighted by atomic mass is 35.5. The maximum atomic E-state index is 12.1. The first-order valence-corrected chi connectivity index (χ1v) is 7.22. The fourth-order valence-electron chi connectivity index (χ4n) is 1.46. The third-order valence-corrected chi connectivity index (χ3v) is 4.02. The highest BCUT2D eigenvalue weighted by Crippen LogP contribution is 2.21. The number of hydrogen-bond donors (Lipinski definition) is 2. The van der Waals surface area contributed by atoms with Gasteiger partial charge >= 0.3 is 0 Å². The predicted octanol–water partition coefficient (Wildman–Crippen LogP) is 2.03. The molecule has 0 aliphatic carbocycles. The summed E-state index contributed by atoms with van der Waals surface area (Å²) >= 11 is 5.85. The van der Waals surface area contributed by atoms with E-state index in [9.17, 15) is 8.42 Å². The van der Waals surface area contributed by atoms with Crippen molar-refractivity contribution in [3.63, 3.8) is 0 Å². The average molecular weight is 299 g/mol. The molecular weight excluding hydrogens is 288 g/mol. The Kier molecular flexibility index (Phi) is 4.04. The summed E-state index contributed by atoms with van der Waals surface area (Å²) in [4.78, 5) is 3.90. The molecule has 1 aromatic heterocycles. The lowest BCUT2D eigenvalue weighted by Crippen LogP contribution is -2.14. The van der Waals surface area contributed by atoms with Gasteiger partial charge in [-0.1, -0.05) is 23.7 Å². The number of aliphatic hydroxyl groups is 1. The van der Waals surface area contributed by atoms with E-state index in [1.165, 1.54) is 24.4 Å². The molecule has 7 heteroatoms. The molecule has 0 fully saturated rings. The number of nitrogens with one attached hydrogen (secondary N) is 1. The topological polar surface area (TPSA) is 79.3 Å². The molecule has 0 radical (unpaired) electrons. The van der Waals surface area contributed by atoms with Crippen molar-refractivity contribution in [1.29, 1.82) is 0 Å². The van der Waals surface area contributed by atoms with E-state index in [0.29, 0.717) is 5.56 Å². The zero-order valence-corrected chi connectivity index (χ0v) is 11.3. The van der Waals surface area contributed by atoms with Gasteiger partial charge in [0.2, 0.25) is 0 Å². The highest BCUT2D eigenvalue weighted by molar-refractivity contribution is 7.92. The van der Waals surface area contributed by atoms with Crippen molar-refractivity contribution < 1.29 is 13.5 Å². The molecule has 0 saturated heterocycles. The second-order valence-corrected chi connectivity index (χ2v) is 5.83. The minimum atomic E-state index is -3.78. The predicted molar refractivity (Wildman–Crippen MR) is 72.4 cm³/mol. The van der Waals surface area contributed by atoms with Gasteiger partial charge in [-0.2, -0.15) is 0 Å². The second kappa shape index (κ2) is 5.56. The Morgan fingerprint density at radius 2 is 2.05 bits per heavy atom. The van der Waals surface area contributed by atoms with Gasteiger partial charge in [-0.25, -0.2) is 13.4 Å². The SMILES string of the molecule is O=S(=O)(Nc1ncccc1Cl)c1cccc(CO)c1. The molecule has 0 amide bonds. The zero-order chi connectivity index (χ0) is 13.9. The molecule has 0 aliphatic heterocycles. The van der Waals surface area contributed by atoms with E-state index in [1.54, 1.807) is 18.2 Å². The van der Waals surface area contributed by atoms with Gasteiger partial charge in [0.25, 0.3) is 10.0 Å². The third-order valence-electron chi connectivity index (χ3n) is 2.38. The Labute approximate surface area is 115 Å². The Bertz CT molecular complexity index is 689. The number of halogens is 1. The largest absolute Gasteiger partial charge is 0.392 e. The summed E-state index contributed by atoms with van der Waals surface area (Å²) in [6, 6.07) is 9.15. The number of aliphatic hydroxyl groups excluding tert-OH is 1. The van der Waals surface area contributed by atoms with Crippen molar-refractivity contribution in [1.82, 2.24) is 4.98 Å². The standard InChI is InChI=1S/C12H11ClN2O3S/c13-11-5-2-6-14-12(11)15-19(17,18)10-4-1-3-9(7-10)8-16/h1-7,16H,8H2,(H,14,15). The number of aromatic nitrogens is 1. The van der Waals surface area contributed by atoms with E-state index < -0.39 is 10.0 Å². The first-order chi connectivity index (χ1) is 9.03. The molecule has 1 aromatic carbocycles. The van der Waals surface area contributed by atoms with Crippen LogP contribution in [0.4, 0.5) is 5.82 Å². The molecule has 0 bridgehead atoms. The fraction of sp³-hybridized carbons (Fsp3) is 0.0833. The minimum Gasteiger partial charge on any atom is -0.392 e. The van der Waals surface area contributed by atoms with Crippen LogP contribution in [0.1, 0.15) is 5.56 Å². The maximum Gasteiger partial charge on any atom is 0.263 e. The number of benzene rings is 1. The molecule has 0 atom stereocenters. The van der Waals surface area contributed by atoms with Crippen molar-refractivity contribution >= 4 is 27.4 Å². The van der Waals surface area contributed by atoms with Gasteiger partial charge in [0.1, 0.15) is 0 Å². The van der Waals surface area contributed by atoms with Crippen LogP contribution in [0.5, 0.6) is 0 Å². The van der Waals surface area contributed by atoms with Gasteiger partial charge in [-0.15, -0.1) is 0 Å². The molecule has 100 valence electrons. The average Bonchev–Trinajstić information content (AvgIpc) is 2.41. The molecule has 19 heavy (non-hydrogen) atoms. The molecule has 0 unspecified atom stereocenters. The molecule has 0 aliphatic rings. The molecule has 2 aromatic rings. The van der Waals surface area contributed by atoms with Crippen LogP contribution in [0.2, 0.25) is 5.02 Å². The summed E-state index contributed by atoms with van der Waals surface area (Å²) in [7, 11) is -3.78. The van der Waals surface area contributed by atoms with Crippen LogP contribution in [-0.2, 0) is 16.6 Å². The number of sulfonamides is 1. The summed E-state index contributed by atoms with van der Waals surface area (Å²) in [6.45, 7) is -0.228. The molecule has 0 spiro atoms. The van der Waals surface area contributed by atoms with Crippen LogP contribution in [0.25, 0.3) is 0 Å². The van der Waals surface area contributed by atoms with Gasteiger partial charge in [0.05, 0.1) is 16.5 Å². The van der Waals surface area contributed by atoms with Crippen molar-refractivity contribution in [3.05, 3.63) is 53.2 Å². The normalized spacial score (nSPS) is 11.3. The number of rotatable bonds is 4. The van der Waals surface area contributed by atoms with Crippen LogP contribution >= 0.6 is 11.6 Å². The van der Waals surface area contributed by atoms with Crippen LogP contribution in [0.3, 0.4) is 0 Å².